The maximum Gasteiger partial charge on any atom is 0.284 e. The van der Waals surface area contributed by atoms with Crippen molar-refractivity contribution < 1.29 is 9.53 Å². The number of nitrogens with zero attached hydrogens (tertiary/aromatic N) is 5. The van der Waals surface area contributed by atoms with Gasteiger partial charge in [0.25, 0.3) is 5.56 Å². The summed E-state index contributed by atoms with van der Waals surface area (Å²) in [5.74, 6) is 0.121. The van der Waals surface area contributed by atoms with Crippen molar-refractivity contribution in [3.8, 4) is 11.4 Å². The van der Waals surface area contributed by atoms with Crippen LogP contribution >= 0.6 is 11.6 Å². The van der Waals surface area contributed by atoms with Gasteiger partial charge in [-0.25, -0.2) is 4.98 Å². The second-order valence-corrected chi connectivity index (χ2v) is 6.51. The standard InChI is InChI=1S/C19H15ClN6O3/c1-29-15-5-3-2-4-14(15)22-16(27)10-25-11-21-18-17(19(25)28)23-24-26(18)13-8-6-12(20)7-9-13/h2-9,11H,10H2,1H3,(H,22,27). The van der Waals surface area contributed by atoms with E-state index < -0.39 is 11.5 Å². The highest BCUT2D eigenvalue weighted by Crippen LogP contribution is 2.23. The van der Waals surface area contributed by atoms with Gasteiger partial charge in [-0.05, 0) is 36.4 Å². The van der Waals surface area contributed by atoms with E-state index in [0.29, 0.717) is 27.8 Å². The predicted octanol–water partition coefficient (Wildman–Crippen LogP) is 2.28. The number of aromatic nitrogens is 5. The van der Waals surface area contributed by atoms with Gasteiger partial charge in [0.1, 0.15) is 18.6 Å². The molecule has 2 aromatic heterocycles. The van der Waals surface area contributed by atoms with Crippen molar-refractivity contribution in [2.75, 3.05) is 12.4 Å². The lowest BCUT2D eigenvalue weighted by molar-refractivity contribution is -0.116. The Balaban J connectivity index is 1.60. The number of halogens is 1. The molecule has 10 heteroatoms. The number of carbonyl (C=O) groups is 1. The maximum atomic E-state index is 12.7. The second-order valence-electron chi connectivity index (χ2n) is 6.08. The molecule has 0 aliphatic carbocycles. The Bertz CT molecular complexity index is 1250. The number of methoxy groups -OCH3 is 1. The van der Waals surface area contributed by atoms with Crippen LogP contribution in [0.25, 0.3) is 16.9 Å². The minimum absolute atomic E-state index is 0.0625. The van der Waals surface area contributed by atoms with Gasteiger partial charge in [-0.2, -0.15) is 4.68 Å². The Morgan fingerprint density at radius 1 is 1.17 bits per heavy atom. The van der Waals surface area contributed by atoms with Crippen LogP contribution < -0.4 is 15.6 Å². The van der Waals surface area contributed by atoms with Gasteiger partial charge in [-0.1, -0.05) is 28.9 Å². The van der Waals surface area contributed by atoms with E-state index in [1.807, 2.05) is 0 Å². The molecule has 146 valence electrons. The maximum absolute atomic E-state index is 12.7. The molecule has 4 aromatic rings. The van der Waals surface area contributed by atoms with E-state index in [-0.39, 0.29) is 12.1 Å². The summed E-state index contributed by atoms with van der Waals surface area (Å²) < 4.78 is 7.82. The zero-order valence-electron chi connectivity index (χ0n) is 15.2. The first-order chi connectivity index (χ1) is 14.1. The van der Waals surface area contributed by atoms with Gasteiger partial charge >= 0.3 is 0 Å². The van der Waals surface area contributed by atoms with Gasteiger partial charge < -0.3 is 10.1 Å². The first-order valence-corrected chi connectivity index (χ1v) is 8.94. The topological polar surface area (TPSA) is 104 Å². The number of hydrogen-bond acceptors (Lipinski definition) is 6. The van der Waals surface area contributed by atoms with Crippen LogP contribution in [0, 0.1) is 0 Å². The number of benzene rings is 2. The molecule has 0 aliphatic heterocycles. The molecule has 1 amide bonds. The van der Waals surface area contributed by atoms with Crippen LogP contribution in [0.4, 0.5) is 5.69 Å². The fraction of sp³-hybridized carbons (Fsp3) is 0.105. The summed E-state index contributed by atoms with van der Waals surface area (Å²) in [6.45, 7) is -0.229. The van der Waals surface area contributed by atoms with Crippen molar-refractivity contribution in [2.24, 2.45) is 0 Å². The first kappa shape index (κ1) is 18.6. The van der Waals surface area contributed by atoms with E-state index in [2.05, 4.69) is 20.6 Å². The highest BCUT2D eigenvalue weighted by atomic mass is 35.5. The zero-order valence-corrected chi connectivity index (χ0v) is 16.0. The Labute approximate surface area is 169 Å². The minimum Gasteiger partial charge on any atom is -0.495 e. The van der Waals surface area contributed by atoms with Gasteiger partial charge in [0.05, 0.1) is 18.5 Å². The summed E-state index contributed by atoms with van der Waals surface area (Å²) in [5, 5.41) is 11.2. The van der Waals surface area contributed by atoms with E-state index in [0.717, 1.165) is 0 Å². The Hall–Kier alpha value is -3.72. The number of para-hydroxylation sites is 2. The lowest BCUT2D eigenvalue weighted by Crippen LogP contribution is -2.28. The highest BCUT2D eigenvalue weighted by molar-refractivity contribution is 6.30. The van der Waals surface area contributed by atoms with Gasteiger partial charge in [0.2, 0.25) is 5.91 Å². The molecule has 4 rings (SSSR count). The molecular weight excluding hydrogens is 396 g/mol. The molecule has 2 aromatic carbocycles. The predicted molar refractivity (Wildman–Crippen MR) is 108 cm³/mol. The summed E-state index contributed by atoms with van der Waals surface area (Å²) in [7, 11) is 1.51. The van der Waals surface area contributed by atoms with Crippen LogP contribution in [0.5, 0.6) is 5.75 Å². The van der Waals surface area contributed by atoms with Crippen molar-refractivity contribution in [1.82, 2.24) is 24.5 Å². The van der Waals surface area contributed by atoms with Gasteiger partial charge in [0, 0.05) is 5.02 Å². The Kier molecular flexibility index (Phi) is 4.96. The van der Waals surface area contributed by atoms with Crippen molar-refractivity contribution in [2.45, 2.75) is 6.54 Å². The van der Waals surface area contributed by atoms with Crippen LogP contribution in [-0.4, -0.2) is 37.6 Å². The zero-order chi connectivity index (χ0) is 20.4. The van der Waals surface area contributed by atoms with Crippen LogP contribution in [0.2, 0.25) is 5.02 Å². The number of carbonyl (C=O) groups excluding carboxylic acids is 1. The molecule has 0 saturated heterocycles. The average Bonchev–Trinajstić information content (AvgIpc) is 3.16. The summed E-state index contributed by atoms with van der Waals surface area (Å²) in [6, 6.07) is 13.9. The molecule has 29 heavy (non-hydrogen) atoms. The van der Waals surface area contributed by atoms with Crippen LogP contribution in [0.15, 0.2) is 59.7 Å². The third kappa shape index (κ3) is 3.67. The summed E-state index contributed by atoms with van der Waals surface area (Å²) in [4.78, 5) is 29.4. The molecule has 0 atom stereocenters. The number of rotatable bonds is 5. The lowest BCUT2D eigenvalue weighted by Gasteiger charge is -2.10. The summed E-state index contributed by atoms with van der Waals surface area (Å²) in [6.07, 6.45) is 1.29. The first-order valence-electron chi connectivity index (χ1n) is 8.56. The van der Waals surface area contributed by atoms with Crippen molar-refractivity contribution >= 4 is 34.4 Å². The molecule has 0 aliphatic rings. The van der Waals surface area contributed by atoms with Crippen LogP contribution in [0.1, 0.15) is 0 Å². The number of anilines is 1. The van der Waals surface area contributed by atoms with E-state index in [1.165, 1.54) is 22.7 Å². The molecular formula is C19H15ClN6O3. The van der Waals surface area contributed by atoms with E-state index >= 15 is 0 Å². The van der Waals surface area contributed by atoms with E-state index in [9.17, 15) is 9.59 Å². The number of fused-ring (bicyclic) bond motifs is 1. The molecule has 0 bridgehead atoms. The van der Waals surface area contributed by atoms with Gasteiger partial charge in [0.15, 0.2) is 11.2 Å². The summed E-state index contributed by atoms with van der Waals surface area (Å²) >= 11 is 5.90. The van der Waals surface area contributed by atoms with Crippen LogP contribution in [0.3, 0.4) is 0 Å². The second kappa shape index (κ2) is 7.72. The molecule has 0 unspecified atom stereocenters. The average molecular weight is 411 g/mol. The minimum atomic E-state index is -0.467. The summed E-state index contributed by atoms with van der Waals surface area (Å²) in [5.41, 5.74) is 1.06. The molecule has 0 spiro atoms. The van der Waals surface area contributed by atoms with Crippen molar-refractivity contribution in [3.63, 3.8) is 0 Å². The fourth-order valence-electron chi connectivity index (χ4n) is 2.81. The smallest absolute Gasteiger partial charge is 0.284 e. The molecule has 1 N–H and O–H groups in total. The number of amides is 1. The third-order valence-electron chi connectivity index (χ3n) is 4.20. The number of nitrogens with one attached hydrogen (secondary N) is 1. The lowest BCUT2D eigenvalue weighted by atomic mass is 10.3. The van der Waals surface area contributed by atoms with Crippen LogP contribution in [-0.2, 0) is 11.3 Å². The normalized spacial score (nSPS) is 10.8. The van der Waals surface area contributed by atoms with E-state index in [1.54, 1.807) is 48.5 Å². The van der Waals surface area contributed by atoms with Crippen molar-refractivity contribution in [1.29, 1.82) is 0 Å². The van der Waals surface area contributed by atoms with Gasteiger partial charge in [-0.15, -0.1) is 5.10 Å². The highest BCUT2D eigenvalue weighted by Gasteiger charge is 2.15. The largest absolute Gasteiger partial charge is 0.495 e. The van der Waals surface area contributed by atoms with Gasteiger partial charge in [-0.3, -0.25) is 14.2 Å². The quantitative estimate of drug-likeness (QED) is 0.541. The molecule has 0 fully saturated rings. The van der Waals surface area contributed by atoms with Crippen molar-refractivity contribution in [3.05, 3.63) is 70.2 Å². The third-order valence-corrected chi connectivity index (χ3v) is 4.45. The Morgan fingerprint density at radius 3 is 2.69 bits per heavy atom. The molecule has 0 saturated carbocycles. The van der Waals surface area contributed by atoms with E-state index in [4.69, 9.17) is 16.3 Å². The SMILES string of the molecule is COc1ccccc1NC(=O)Cn1cnc2c(nnn2-c2ccc(Cl)cc2)c1=O. The fourth-order valence-corrected chi connectivity index (χ4v) is 2.93. The Morgan fingerprint density at radius 2 is 1.93 bits per heavy atom. The molecule has 2 heterocycles. The molecule has 0 radical (unpaired) electrons. The molecule has 9 nitrogen and oxygen atoms in total. The number of hydrogen-bond donors (Lipinski definition) is 1. The monoisotopic (exact) mass is 410 g/mol. The number of ether oxygens (including phenoxy) is 1.